The predicted molar refractivity (Wildman–Crippen MR) is 162 cm³/mol. The molecule has 3 aliphatic rings. The number of rotatable bonds is 5. The molecule has 2 N–H and O–H groups in total. The second kappa shape index (κ2) is 14.8. The Morgan fingerprint density at radius 1 is 0.800 bits per heavy atom. The number of hydrogen-bond acceptors (Lipinski definition) is 8. The largest absolute Gasteiger partial charge is 0.381 e. The molecule has 0 aliphatic carbocycles. The van der Waals surface area contributed by atoms with Crippen molar-refractivity contribution >= 4 is 43.2 Å². The summed E-state index contributed by atoms with van der Waals surface area (Å²) in [6, 6.07) is 10.1. The second-order valence-corrected chi connectivity index (χ2v) is 12.0. The van der Waals surface area contributed by atoms with Gasteiger partial charge in [0.05, 0.1) is 9.85 Å². The van der Waals surface area contributed by atoms with Gasteiger partial charge in [0.25, 0.3) is 11.4 Å². The summed E-state index contributed by atoms with van der Waals surface area (Å²) in [5.74, 6) is 0. The molecule has 0 unspecified atom stereocenters. The van der Waals surface area contributed by atoms with Crippen LogP contribution in [0.1, 0.15) is 61.8 Å². The molecule has 0 amide bonds. The molecule has 2 aromatic rings. The summed E-state index contributed by atoms with van der Waals surface area (Å²) in [5, 5.41) is 22.6. The van der Waals surface area contributed by atoms with Crippen molar-refractivity contribution in [1.29, 1.82) is 0 Å². The van der Waals surface area contributed by atoms with E-state index in [1.807, 2.05) is 6.07 Å². The minimum absolute atomic E-state index is 0.0538. The van der Waals surface area contributed by atoms with Crippen molar-refractivity contribution in [2.45, 2.75) is 74.4 Å². The molecule has 0 bridgehead atoms. The number of hydrogen-bond donors (Lipinski definition) is 1. The average molecular weight is 686 g/mol. The molecule has 0 spiro atoms. The maximum absolute atomic E-state index is 10.8. The normalized spacial score (nSPS) is 19.3. The quantitative estimate of drug-likeness (QED) is 0.218. The van der Waals surface area contributed by atoms with E-state index < -0.39 is 0 Å². The minimum Gasteiger partial charge on any atom is -0.381 e. The van der Waals surface area contributed by atoms with Crippen LogP contribution < -0.4 is 5.73 Å². The highest BCUT2D eigenvalue weighted by Crippen LogP contribution is 2.36. The van der Waals surface area contributed by atoms with Gasteiger partial charge in [-0.3, -0.25) is 25.1 Å². The molecule has 0 aromatic heterocycles. The van der Waals surface area contributed by atoms with Gasteiger partial charge in [-0.05, 0) is 61.8 Å². The molecule has 220 valence electrons. The lowest BCUT2D eigenvalue weighted by molar-refractivity contribution is -0.385. The maximum Gasteiger partial charge on any atom is 0.269 e. The number of nitrogens with zero attached hydrogens (tertiary/aromatic N) is 3. The lowest BCUT2D eigenvalue weighted by Crippen LogP contribution is -2.47. The molecular formula is C28H38Br2N4O6. The summed E-state index contributed by atoms with van der Waals surface area (Å²) in [6.45, 7) is 9.36. The van der Waals surface area contributed by atoms with Crippen LogP contribution in [0.15, 0.2) is 36.4 Å². The summed E-state index contributed by atoms with van der Waals surface area (Å²) in [5.41, 5.74) is 10.7. The van der Waals surface area contributed by atoms with Crippen LogP contribution in [0.25, 0.3) is 0 Å². The molecule has 12 heteroatoms. The van der Waals surface area contributed by atoms with E-state index in [-0.39, 0.29) is 32.3 Å². The fraction of sp³-hybridized carbons (Fsp3) is 0.571. The number of halogens is 2. The lowest BCUT2D eigenvalue weighted by Gasteiger charge is -2.41. The van der Waals surface area contributed by atoms with E-state index in [1.165, 1.54) is 11.6 Å². The highest BCUT2D eigenvalue weighted by Gasteiger charge is 2.37. The Kier molecular flexibility index (Phi) is 12.0. The van der Waals surface area contributed by atoms with Crippen LogP contribution in [0.3, 0.4) is 0 Å². The Labute approximate surface area is 252 Å². The first-order valence-electron chi connectivity index (χ1n) is 13.3. The van der Waals surface area contributed by atoms with Gasteiger partial charge in [0.15, 0.2) is 0 Å². The Bertz CT molecular complexity index is 1170. The number of nitro groups is 2. The Morgan fingerprint density at radius 3 is 1.80 bits per heavy atom. The van der Waals surface area contributed by atoms with Gasteiger partial charge in [0.1, 0.15) is 0 Å². The fourth-order valence-corrected chi connectivity index (χ4v) is 5.89. The van der Waals surface area contributed by atoms with E-state index in [9.17, 15) is 20.2 Å². The zero-order valence-corrected chi connectivity index (χ0v) is 26.2. The number of nitro benzene ring substituents is 2. The number of non-ortho nitro benzene ring substituents is 2. The molecule has 2 saturated heterocycles. The van der Waals surface area contributed by atoms with E-state index in [2.05, 4.69) is 50.6 Å². The van der Waals surface area contributed by atoms with Gasteiger partial charge < -0.3 is 15.2 Å². The number of alkyl halides is 2. The molecule has 3 heterocycles. The van der Waals surface area contributed by atoms with Crippen molar-refractivity contribution in [3.8, 4) is 0 Å². The second-order valence-electron chi connectivity index (χ2n) is 10.9. The van der Waals surface area contributed by atoms with Crippen LogP contribution in [0.2, 0.25) is 0 Å². The van der Waals surface area contributed by atoms with Gasteiger partial charge in [0.2, 0.25) is 0 Å². The van der Waals surface area contributed by atoms with Crippen LogP contribution in [-0.4, -0.2) is 52.3 Å². The molecule has 0 saturated carbocycles. The average Bonchev–Trinajstić information content (AvgIpc) is 3.38. The van der Waals surface area contributed by atoms with E-state index in [0.29, 0.717) is 10.7 Å². The molecule has 40 heavy (non-hydrogen) atoms. The SMILES string of the molecule is CC1(N)CCOCC1.CC1(N2Cc3ccc([N+](=O)[O-])cc3C2)CCOCC1.O=[N+]([O-])c1ccc(CBr)c(CBr)c1. The highest BCUT2D eigenvalue weighted by molar-refractivity contribution is 9.09. The van der Waals surface area contributed by atoms with Gasteiger partial charge in [0, 0.05) is 85.5 Å². The summed E-state index contributed by atoms with van der Waals surface area (Å²) in [4.78, 5) is 23.0. The van der Waals surface area contributed by atoms with Crippen molar-refractivity contribution in [3.63, 3.8) is 0 Å². The molecule has 2 aromatic carbocycles. The minimum atomic E-state index is -0.385. The van der Waals surface area contributed by atoms with Crippen molar-refractivity contribution in [2.24, 2.45) is 5.73 Å². The molecule has 0 atom stereocenters. The zero-order chi connectivity index (χ0) is 29.3. The zero-order valence-electron chi connectivity index (χ0n) is 23.1. The van der Waals surface area contributed by atoms with Crippen LogP contribution >= 0.6 is 31.9 Å². The monoisotopic (exact) mass is 684 g/mol. The summed E-state index contributed by atoms with van der Waals surface area (Å²) < 4.78 is 10.6. The summed E-state index contributed by atoms with van der Waals surface area (Å²) >= 11 is 6.61. The first-order valence-corrected chi connectivity index (χ1v) is 15.6. The van der Waals surface area contributed by atoms with Gasteiger partial charge >= 0.3 is 0 Å². The fourth-order valence-electron chi connectivity index (χ4n) is 4.82. The van der Waals surface area contributed by atoms with E-state index in [4.69, 9.17) is 15.2 Å². The topological polar surface area (TPSA) is 134 Å². The van der Waals surface area contributed by atoms with E-state index in [1.54, 1.807) is 24.3 Å². The first-order chi connectivity index (χ1) is 19.0. The van der Waals surface area contributed by atoms with Crippen LogP contribution in [0.4, 0.5) is 11.4 Å². The van der Waals surface area contributed by atoms with Crippen LogP contribution in [0.5, 0.6) is 0 Å². The third kappa shape index (κ3) is 9.02. The van der Waals surface area contributed by atoms with Gasteiger partial charge in [-0.25, -0.2) is 0 Å². The molecule has 0 radical (unpaired) electrons. The van der Waals surface area contributed by atoms with Crippen LogP contribution in [-0.2, 0) is 33.2 Å². The van der Waals surface area contributed by atoms with E-state index in [0.717, 1.165) is 81.9 Å². The molecule has 5 rings (SSSR count). The third-order valence-corrected chi connectivity index (χ3v) is 8.99. The van der Waals surface area contributed by atoms with Crippen molar-refractivity contribution in [2.75, 3.05) is 26.4 Å². The summed E-state index contributed by atoms with van der Waals surface area (Å²) in [6.07, 6.45) is 4.08. The van der Waals surface area contributed by atoms with Crippen molar-refractivity contribution in [1.82, 2.24) is 4.90 Å². The molecule has 10 nitrogen and oxygen atoms in total. The predicted octanol–water partition coefficient (Wildman–Crippen LogP) is 6.38. The first kappa shape index (κ1) is 32.6. The smallest absolute Gasteiger partial charge is 0.269 e. The molecule has 3 aliphatic heterocycles. The Balaban J connectivity index is 0.000000182. The number of benzene rings is 2. The molecule has 2 fully saturated rings. The molecular weight excluding hydrogens is 648 g/mol. The van der Waals surface area contributed by atoms with Crippen molar-refractivity contribution in [3.05, 3.63) is 78.9 Å². The van der Waals surface area contributed by atoms with Gasteiger partial charge in [-0.2, -0.15) is 0 Å². The number of fused-ring (bicyclic) bond motifs is 1. The van der Waals surface area contributed by atoms with Crippen LogP contribution in [0, 0.1) is 20.2 Å². The third-order valence-electron chi connectivity index (χ3n) is 7.78. The highest BCUT2D eigenvalue weighted by atomic mass is 79.9. The Hall–Kier alpha value is -1.96. The van der Waals surface area contributed by atoms with E-state index >= 15 is 0 Å². The maximum atomic E-state index is 10.8. The number of nitrogens with two attached hydrogens (primary N) is 1. The van der Waals surface area contributed by atoms with Gasteiger partial charge in [-0.1, -0.05) is 44.0 Å². The summed E-state index contributed by atoms with van der Waals surface area (Å²) in [7, 11) is 0. The van der Waals surface area contributed by atoms with Crippen molar-refractivity contribution < 1.29 is 19.3 Å². The lowest BCUT2D eigenvalue weighted by atomic mass is 9.90. The standard InChI is InChI=1S/C14H18N2O3.C8H7Br2NO2.C6H13NO/c1-14(4-6-19-7-5-14)15-9-11-2-3-13(16(17)18)8-12(11)10-15;9-4-6-1-2-8(11(12)13)3-7(6)5-10;1-6(7)2-4-8-5-3-6/h2-3,8H,4-7,9-10H2,1H3;1-3H,4-5H2;2-5,7H2,1H3. The van der Waals surface area contributed by atoms with Gasteiger partial charge in [-0.15, -0.1) is 0 Å². The Morgan fingerprint density at radius 2 is 1.30 bits per heavy atom. The number of ether oxygens (including phenoxy) is 2.